The second-order valence-electron chi connectivity index (χ2n) is 6.12. The summed E-state index contributed by atoms with van der Waals surface area (Å²) in [6.07, 6.45) is 1.57. The lowest BCUT2D eigenvalue weighted by Gasteiger charge is -2.26. The highest BCUT2D eigenvalue weighted by atomic mass is 32.1. The van der Waals surface area contributed by atoms with Crippen molar-refractivity contribution in [3.8, 4) is 5.88 Å². The maximum atomic E-state index is 12.7. The predicted molar refractivity (Wildman–Crippen MR) is 102 cm³/mol. The van der Waals surface area contributed by atoms with Gasteiger partial charge >= 0.3 is 6.09 Å². The van der Waals surface area contributed by atoms with Crippen LogP contribution in [0, 0.1) is 0 Å². The van der Waals surface area contributed by atoms with Gasteiger partial charge in [0.1, 0.15) is 10.6 Å². The van der Waals surface area contributed by atoms with E-state index in [0.717, 1.165) is 10.4 Å². The fraction of sp³-hybridized carbons (Fsp3) is 0.412. The summed E-state index contributed by atoms with van der Waals surface area (Å²) in [6.45, 7) is 2.73. The van der Waals surface area contributed by atoms with E-state index in [1.165, 1.54) is 29.3 Å². The van der Waals surface area contributed by atoms with E-state index in [2.05, 4.69) is 10.4 Å². The van der Waals surface area contributed by atoms with Crippen molar-refractivity contribution in [3.63, 3.8) is 0 Å². The first-order valence-corrected chi connectivity index (χ1v) is 9.42. The van der Waals surface area contributed by atoms with Gasteiger partial charge in [-0.15, -0.1) is 16.4 Å². The summed E-state index contributed by atoms with van der Waals surface area (Å²) < 4.78 is 11.6. The molecular formula is C17H21N5O5S. The molecule has 28 heavy (non-hydrogen) atoms. The molecule has 3 amide bonds. The lowest BCUT2D eigenvalue weighted by molar-refractivity contribution is 0.0997. The Morgan fingerprint density at radius 2 is 2.14 bits per heavy atom. The molecule has 0 bridgehead atoms. The van der Waals surface area contributed by atoms with Crippen LogP contribution in [-0.2, 0) is 24.8 Å². The number of methoxy groups -OCH3 is 1. The van der Waals surface area contributed by atoms with Gasteiger partial charge in [0.15, 0.2) is 0 Å². The highest BCUT2D eigenvalue weighted by Gasteiger charge is 2.30. The second-order valence-corrected chi connectivity index (χ2v) is 7.23. The molecule has 1 aliphatic rings. The SMILES string of the molecule is CCOC(=O)N1CCc2c(sc(NC(=O)c3cn(C)nc3OC)c2C(N)=O)C1. The largest absolute Gasteiger partial charge is 0.479 e. The van der Waals surface area contributed by atoms with Crippen LogP contribution in [0.15, 0.2) is 6.20 Å². The zero-order valence-electron chi connectivity index (χ0n) is 15.8. The lowest BCUT2D eigenvalue weighted by atomic mass is 10.0. The molecule has 3 heterocycles. The van der Waals surface area contributed by atoms with Gasteiger partial charge in [0.25, 0.3) is 11.8 Å². The Labute approximate surface area is 165 Å². The van der Waals surface area contributed by atoms with Crippen LogP contribution in [0.5, 0.6) is 5.88 Å². The van der Waals surface area contributed by atoms with Crippen LogP contribution in [-0.4, -0.2) is 52.8 Å². The smallest absolute Gasteiger partial charge is 0.410 e. The molecule has 2 aromatic rings. The van der Waals surface area contributed by atoms with Gasteiger partial charge < -0.3 is 25.4 Å². The Morgan fingerprint density at radius 3 is 2.79 bits per heavy atom. The van der Waals surface area contributed by atoms with E-state index in [9.17, 15) is 14.4 Å². The Kier molecular flexibility index (Phi) is 5.54. The van der Waals surface area contributed by atoms with E-state index in [1.54, 1.807) is 18.9 Å². The quantitative estimate of drug-likeness (QED) is 0.770. The minimum Gasteiger partial charge on any atom is -0.479 e. The Morgan fingerprint density at radius 1 is 1.39 bits per heavy atom. The molecule has 0 unspecified atom stereocenters. The van der Waals surface area contributed by atoms with Gasteiger partial charge in [0, 0.05) is 24.7 Å². The molecule has 0 radical (unpaired) electrons. The van der Waals surface area contributed by atoms with Gasteiger partial charge in [-0.1, -0.05) is 0 Å². The van der Waals surface area contributed by atoms with Crippen molar-refractivity contribution in [1.29, 1.82) is 0 Å². The summed E-state index contributed by atoms with van der Waals surface area (Å²) in [7, 11) is 3.09. The molecule has 0 saturated heterocycles. The minimum absolute atomic E-state index is 0.176. The van der Waals surface area contributed by atoms with E-state index in [1.807, 2.05) is 0 Å². The number of anilines is 1. The molecule has 11 heteroatoms. The zero-order chi connectivity index (χ0) is 20.4. The number of thiophene rings is 1. The van der Waals surface area contributed by atoms with Crippen LogP contribution in [0.1, 0.15) is 38.1 Å². The zero-order valence-corrected chi connectivity index (χ0v) is 16.6. The second kappa shape index (κ2) is 7.89. The molecule has 150 valence electrons. The number of carbonyl (C=O) groups excluding carboxylic acids is 3. The van der Waals surface area contributed by atoms with E-state index in [-0.39, 0.29) is 23.6 Å². The number of primary amides is 1. The van der Waals surface area contributed by atoms with Crippen LogP contribution < -0.4 is 15.8 Å². The first-order chi connectivity index (χ1) is 13.3. The molecule has 0 spiro atoms. The molecule has 0 aromatic carbocycles. The highest BCUT2D eigenvalue weighted by molar-refractivity contribution is 7.17. The fourth-order valence-corrected chi connectivity index (χ4v) is 4.33. The standard InChI is InChI=1S/C17H21N5O5S/c1-4-27-17(25)22-6-5-9-11(8-22)28-16(12(9)13(18)23)19-14(24)10-7-21(2)20-15(10)26-3/h7H,4-6,8H2,1-3H3,(H2,18,23)(H,19,24). The van der Waals surface area contributed by atoms with Crippen molar-refractivity contribution >= 4 is 34.2 Å². The molecule has 0 atom stereocenters. The highest BCUT2D eigenvalue weighted by Crippen LogP contribution is 2.37. The van der Waals surface area contributed by atoms with Crippen LogP contribution >= 0.6 is 11.3 Å². The number of carbonyl (C=O) groups is 3. The van der Waals surface area contributed by atoms with Crippen LogP contribution in [0.2, 0.25) is 0 Å². The van der Waals surface area contributed by atoms with Gasteiger partial charge in [-0.2, -0.15) is 0 Å². The molecule has 0 saturated carbocycles. The average Bonchev–Trinajstić information content (AvgIpc) is 3.20. The Balaban J connectivity index is 1.89. The number of aromatic nitrogens is 2. The number of nitrogens with zero attached hydrogens (tertiary/aromatic N) is 3. The summed E-state index contributed by atoms with van der Waals surface area (Å²) in [5.41, 5.74) is 6.84. The summed E-state index contributed by atoms with van der Waals surface area (Å²) in [4.78, 5) is 39.1. The van der Waals surface area contributed by atoms with Gasteiger partial charge in [-0.3, -0.25) is 14.3 Å². The molecular weight excluding hydrogens is 386 g/mol. The van der Waals surface area contributed by atoms with Gasteiger partial charge in [-0.25, -0.2) is 4.79 Å². The number of hydrogen-bond donors (Lipinski definition) is 2. The van der Waals surface area contributed by atoms with E-state index < -0.39 is 17.9 Å². The normalized spacial score (nSPS) is 13.0. The number of rotatable bonds is 5. The molecule has 0 fully saturated rings. The van der Waals surface area contributed by atoms with Crippen molar-refractivity contribution in [2.45, 2.75) is 19.9 Å². The average molecular weight is 407 g/mol. The van der Waals surface area contributed by atoms with Crippen molar-refractivity contribution in [3.05, 3.63) is 27.8 Å². The van der Waals surface area contributed by atoms with Gasteiger partial charge in [-0.05, 0) is 18.9 Å². The molecule has 0 aliphatic carbocycles. The summed E-state index contributed by atoms with van der Waals surface area (Å²) >= 11 is 1.22. The van der Waals surface area contributed by atoms with Crippen molar-refractivity contribution < 1.29 is 23.9 Å². The Bertz CT molecular complexity index is 935. The van der Waals surface area contributed by atoms with Gasteiger partial charge in [0.2, 0.25) is 5.88 Å². The van der Waals surface area contributed by atoms with Crippen LogP contribution in [0.25, 0.3) is 0 Å². The number of nitrogens with one attached hydrogen (secondary N) is 1. The molecule has 1 aliphatic heterocycles. The number of fused-ring (bicyclic) bond motifs is 1. The predicted octanol–water partition coefficient (Wildman–Crippen LogP) is 1.36. The van der Waals surface area contributed by atoms with E-state index in [4.69, 9.17) is 15.2 Å². The minimum atomic E-state index is -0.629. The maximum absolute atomic E-state index is 12.7. The fourth-order valence-electron chi connectivity index (χ4n) is 3.07. The summed E-state index contributed by atoms with van der Waals surface area (Å²) in [6, 6.07) is 0. The number of amides is 3. The number of nitrogens with two attached hydrogens (primary N) is 1. The number of aryl methyl sites for hydroxylation is 1. The van der Waals surface area contributed by atoms with Crippen molar-refractivity contribution in [2.24, 2.45) is 12.8 Å². The van der Waals surface area contributed by atoms with E-state index >= 15 is 0 Å². The van der Waals surface area contributed by atoms with Crippen LogP contribution in [0.3, 0.4) is 0 Å². The topological polar surface area (TPSA) is 129 Å². The number of hydrogen-bond acceptors (Lipinski definition) is 7. The summed E-state index contributed by atoms with van der Waals surface area (Å²) in [5.74, 6) is -0.917. The maximum Gasteiger partial charge on any atom is 0.410 e. The summed E-state index contributed by atoms with van der Waals surface area (Å²) in [5, 5.41) is 7.13. The third kappa shape index (κ3) is 3.65. The monoisotopic (exact) mass is 407 g/mol. The third-order valence-corrected chi connectivity index (χ3v) is 5.42. The number of ether oxygens (including phenoxy) is 2. The Hall–Kier alpha value is -3.08. The third-order valence-electron chi connectivity index (χ3n) is 4.29. The molecule has 10 nitrogen and oxygen atoms in total. The molecule has 3 rings (SSSR count). The first-order valence-electron chi connectivity index (χ1n) is 8.60. The van der Waals surface area contributed by atoms with Crippen molar-refractivity contribution in [2.75, 3.05) is 25.6 Å². The van der Waals surface area contributed by atoms with Crippen molar-refractivity contribution in [1.82, 2.24) is 14.7 Å². The van der Waals surface area contributed by atoms with Gasteiger partial charge in [0.05, 0.1) is 25.8 Å². The first kappa shape index (κ1) is 19.7. The van der Waals surface area contributed by atoms with Crippen LogP contribution in [0.4, 0.5) is 9.80 Å². The molecule has 2 aromatic heterocycles. The van der Waals surface area contributed by atoms with E-state index in [0.29, 0.717) is 24.5 Å². The molecule has 3 N–H and O–H groups in total. The lowest BCUT2D eigenvalue weighted by Crippen LogP contribution is -2.36.